The highest BCUT2D eigenvalue weighted by atomic mass is 16.5. The van der Waals surface area contributed by atoms with Crippen LogP contribution in [0.1, 0.15) is 55.6 Å². The van der Waals surface area contributed by atoms with Crippen molar-refractivity contribution in [3.05, 3.63) is 29.3 Å². The van der Waals surface area contributed by atoms with Crippen molar-refractivity contribution < 1.29 is 14.6 Å². The Hall–Kier alpha value is -1.75. The Morgan fingerprint density at radius 2 is 2.04 bits per heavy atom. The molecule has 5 heteroatoms. The number of ether oxygens (including phenoxy) is 1. The van der Waals surface area contributed by atoms with Crippen LogP contribution >= 0.6 is 0 Å². The number of benzene rings is 1. The van der Waals surface area contributed by atoms with E-state index in [4.69, 9.17) is 4.74 Å². The number of hydrogen-bond donors (Lipinski definition) is 2. The first-order valence-electron chi connectivity index (χ1n) is 9.56. The molecule has 1 aliphatic carbocycles. The van der Waals surface area contributed by atoms with Crippen LogP contribution < -0.4 is 10.1 Å². The molecular formula is C20H28N2O3. The molecule has 0 radical (unpaired) electrons. The zero-order chi connectivity index (χ0) is 17.4. The maximum atomic E-state index is 12.7. The minimum absolute atomic E-state index is 0.0556. The number of nitrogens with zero attached hydrogens (tertiary/aromatic N) is 1. The Morgan fingerprint density at radius 1 is 1.28 bits per heavy atom. The first-order chi connectivity index (χ1) is 12.2. The van der Waals surface area contributed by atoms with E-state index < -0.39 is 0 Å². The van der Waals surface area contributed by atoms with Crippen molar-refractivity contribution in [1.29, 1.82) is 0 Å². The number of methoxy groups -OCH3 is 1. The molecule has 3 atom stereocenters. The van der Waals surface area contributed by atoms with Crippen LogP contribution in [0, 0.1) is 0 Å². The van der Waals surface area contributed by atoms with Crippen molar-refractivity contribution >= 4 is 6.03 Å². The number of nitrogens with one attached hydrogen (secondary N) is 1. The fourth-order valence-corrected chi connectivity index (χ4v) is 5.01. The van der Waals surface area contributed by atoms with Gasteiger partial charge in [0.25, 0.3) is 0 Å². The summed E-state index contributed by atoms with van der Waals surface area (Å²) in [4.78, 5) is 14.7. The van der Waals surface area contributed by atoms with Gasteiger partial charge in [0.2, 0.25) is 0 Å². The number of piperidine rings is 1. The zero-order valence-corrected chi connectivity index (χ0v) is 14.9. The highest BCUT2D eigenvalue weighted by Gasteiger charge is 2.42. The second-order valence-electron chi connectivity index (χ2n) is 7.76. The van der Waals surface area contributed by atoms with Crippen LogP contribution in [-0.4, -0.2) is 47.9 Å². The van der Waals surface area contributed by atoms with Gasteiger partial charge in [-0.3, -0.25) is 0 Å². The third-order valence-electron chi connectivity index (χ3n) is 6.23. The Labute approximate surface area is 149 Å². The summed E-state index contributed by atoms with van der Waals surface area (Å²) in [5, 5.41) is 13.1. The number of urea groups is 1. The molecule has 25 heavy (non-hydrogen) atoms. The largest absolute Gasteiger partial charge is 0.497 e. The number of amides is 2. The van der Waals surface area contributed by atoms with Gasteiger partial charge in [-0.15, -0.1) is 0 Å². The fraction of sp³-hybridized carbons (Fsp3) is 0.650. The van der Waals surface area contributed by atoms with E-state index in [1.807, 2.05) is 11.0 Å². The van der Waals surface area contributed by atoms with E-state index in [-0.39, 0.29) is 24.2 Å². The molecule has 3 unspecified atom stereocenters. The third-order valence-corrected chi connectivity index (χ3v) is 6.23. The Morgan fingerprint density at radius 3 is 2.76 bits per heavy atom. The van der Waals surface area contributed by atoms with Crippen LogP contribution in [0.25, 0.3) is 0 Å². The fourth-order valence-electron chi connectivity index (χ4n) is 5.01. The molecule has 2 heterocycles. The van der Waals surface area contributed by atoms with Gasteiger partial charge >= 0.3 is 6.03 Å². The molecule has 2 N–H and O–H groups in total. The van der Waals surface area contributed by atoms with E-state index in [0.29, 0.717) is 12.5 Å². The van der Waals surface area contributed by atoms with Gasteiger partial charge in [0.05, 0.1) is 13.2 Å². The lowest BCUT2D eigenvalue weighted by Crippen LogP contribution is -2.52. The average molecular weight is 344 g/mol. The summed E-state index contributed by atoms with van der Waals surface area (Å²) in [5.41, 5.74) is 2.70. The van der Waals surface area contributed by atoms with Crippen LogP contribution in [0.3, 0.4) is 0 Å². The summed E-state index contributed by atoms with van der Waals surface area (Å²) in [5.74, 6) is 1.29. The predicted octanol–water partition coefficient (Wildman–Crippen LogP) is 2.81. The summed E-state index contributed by atoms with van der Waals surface area (Å²) < 4.78 is 5.34. The number of hydrogen-bond acceptors (Lipinski definition) is 3. The molecule has 4 rings (SSSR count). The molecule has 2 saturated heterocycles. The SMILES string of the molecule is COc1ccc2c(c1)CCCC2CNC(=O)N1C2CCC1CC(O)C2. The quantitative estimate of drug-likeness (QED) is 0.886. The summed E-state index contributed by atoms with van der Waals surface area (Å²) in [7, 11) is 1.70. The molecule has 0 spiro atoms. The lowest BCUT2D eigenvalue weighted by Gasteiger charge is -2.37. The van der Waals surface area contributed by atoms with Crippen LogP contribution in [0.2, 0.25) is 0 Å². The first kappa shape index (κ1) is 16.7. The van der Waals surface area contributed by atoms with Crippen molar-refractivity contribution in [2.75, 3.05) is 13.7 Å². The second-order valence-corrected chi connectivity index (χ2v) is 7.76. The van der Waals surface area contributed by atoms with Gasteiger partial charge in [-0.1, -0.05) is 6.07 Å². The minimum Gasteiger partial charge on any atom is -0.497 e. The Balaban J connectivity index is 1.40. The van der Waals surface area contributed by atoms with Gasteiger partial charge in [0.15, 0.2) is 0 Å². The van der Waals surface area contributed by atoms with Gasteiger partial charge in [-0.05, 0) is 68.2 Å². The number of carbonyl (C=O) groups is 1. The van der Waals surface area contributed by atoms with E-state index in [1.54, 1.807) is 7.11 Å². The molecule has 2 bridgehead atoms. The molecule has 0 saturated carbocycles. The molecule has 2 fully saturated rings. The van der Waals surface area contributed by atoms with Crippen LogP contribution in [0.4, 0.5) is 4.79 Å². The van der Waals surface area contributed by atoms with E-state index in [0.717, 1.165) is 50.7 Å². The Bertz CT molecular complexity index is 634. The van der Waals surface area contributed by atoms with E-state index in [2.05, 4.69) is 17.4 Å². The van der Waals surface area contributed by atoms with Crippen LogP contribution in [-0.2, 0) is 6.42 Å². The topological polar surface area (TPSA) is 61.8 Å². The molecule has 0 aromatic heterocycles. The maximum Gasteiger partial charge on any atom is 0.317 e. The second kappa shape index (κ2) is 6.87. The molecule has 1 aromatic rings. The summed E-state index contributed by atoms with van der Waals surface area (Å²) in [6, 6.07) is 6.81. The standard InChI is InChI=1S/C20H28N2O3/c1-25-18-7-8-19-13(9-18)3-2-4-14(19)12-21-20(24)22-15-5-6-16(22)11-17(23)10-15/h7-9,14-17,23H,2-6,10-12H2,1H3,(H,21,24). The smallest absolute Gasteiger partial charge is 0.317 e. The average Bonchev–Trinajstić information content (AvgIpc) is 2.90. The zero-order valence-electron chi connectivity index (χ0n) is 14.9. The number of aryl methyl sites for hydroxylation is 1. The molecule has 136 valence electrons. The molecule has 2 amide bonds. The van der Waals surface area contributed by atoms with Crippen molar-refractivity contribution in [3.63, 3.8) is 0 Å². The first-order valence-corrected chi connectivity index (χ1v) is 9.56. The van der Waals surface area contributed by atoms with Crippen molar-refractivity contribution in [1.82, 2.24) is 10.2 Å². The number of aliphatic hydroxyl groups is 1. The summed E-state index contributed by atoms with van der Waals surface area (Å²) in [6.45, 7) is 0.691. The maximum absolute atomic E-state index is 12.7. The van der Waals surface area contributed by atoms with Gasteiger partial charge < -0.3 is 20.1 Å². The van der Waals surface area contributed by atoms with E-state index in [9.17, 15) is 9.90 Å². The van der Waals surface area contributed by atoms with E-state index in [1.165, 1.54) is 11.1 Å². The van der Waals surface area contributed by atoms with Gasteiger partial charge in [0.1, 0.15) is 5.75 Å². The Kier molecular flexibility index (Phi) is 4.59. The molecule has 3 aliphatic rings. The molecule has 1 aromatic carbocycles. The number of carbonyl (C=O) groups excluding carboxylic acids is 1. The predicted molar refractivity (Wildman–Crippen MR) is 96.0 cm³/mol. The normalized spacial score (nSPS) is 30.7. The lowest BCUT2D eigenvalue weighted by atomic mass is 9.82. The van der Waals surface area contributed by atoms with E-state index >= 15 is 0 Å². The lowest BCUT2D eigenvalue weighted by molar-refractivity contribution is 0.0541. The highest BCUT2D eigenvalue weighted by molar-refractivity contribution is 5.75. The van der Waals surface area contributed by atoms with Crippen LogP contribution in [0.5, 0.6) is 5.75 Å². The monoisotopic (exact) mass is 344 g/mol. The summed E-state index contributed by atoms with van der Waals surface area (Å²) in [6.07, 6.45) is 6.65. The molecular weight excluding hydrogens is 316 g/mol. The highest BCUT2D eigenvalue weighted by Crippen LogP contribution is 2.36. The number of rotatable bonds is 3. The van der Waals surface area contributed by atoms with Crippen molar-refractivity contribution in [2.45, 2.75) is 69.1 Å². The minimum atomic E-state index is -0.234. The van der Waals surface area contributed by atoms with Crippen molar-refractivity contribution in [3.8, 4) is 5.75 Å². The van der Waals surface area contributed by atoms with Crippen molar-refractivity contribution in [2.24, 2.45) is 0 Å². The van der Waals surface area contributed by atoms with Crippen LogP contribution in [0.15, 0.2) is 18.2 Å². The van der Waals surface area contributed by atoms with Gasteiger partial charge in [0, 0.05) is 24.5 Å². The van der Waals surface area contributed by atoms with Gasteiger partial charge in [-0.2, -0.15) is 0 Å². The molecule has 5 nitrogen and oxygen atoms in total. The number of fused-ring (bicyclic) bond motifs is 3. The summed E-state index contributed by atoms with van der Waals surface area (Å²) >= 11 is 0. The molecule has 2 aliphatic heterocycles. The number of aliphatic hydroxyl groups excluding tert-OH is 1. The van der Waals surface area contributed by atoms with Gasteiger partial charge in [-0.25, -0.2) is 4.79 Å². The third kappa shape index (κ3) is 3.22.